The molecule has 0 aromatic heterocycles. The molecular formula is C4H7F2N. The third-order valence-electron chi connectivity index (χ3n) is 0.564. The molecule has 0 spiro atoms. The smallest absolute Gasteiger partial charge is 0.283 e. The van der Waals surface area contributed by atoms with Gasteiger partial charge in [-0.3, -0.25) is 0 Å². The van der Waals surface area contributed by atoms with E-state index in [0.717, 1.165) is 0 Å². The first-order chi connectivity index (χ1) is 2.94. The Kier molecular flexibility index (Phi) is 1.35. The minimum atomic E-state index is -2.92. The summed E-state index contributed by atoms with van der Waals surface area (Å²) in [6.45, 7) is 3.56. The van der Waals surface area contributed by atoms with E-state index in [2.05, 4.69) is 12.3 Å². The predicted octanol–water partition coefficient (Wildman–Crippen LogP) is 1.11. The minimum absolute atomic E-state index is 0.590. The maximum absolute atomic E-state index is 11.6. The van der Waals surface area contributed by atoms with Gasteiger partial charge in [0.2, 0.25) is 0 Å². The van der Waals surface area contributed by atoms with E-state index in [-0.39, 0.29) is 0 Å². The van der Waals surface area contributed by atoms with Crippen LogP contribution in [0, 0.1) is 0 Å². The predicted molar refractivity (Wildman–Crippen MR) is 23.9 cm³/mol. The topological polar surface area (TPSA) is 26.0 Å². The molecule has 0 atom stereocenters. The summed E-state index contributed by atoms with van der Waals surface area (Å²) in [5, 5.41) is 0. The molecule has 0 rings (SSSR count). The van der Waals surface area contributed by atoms with E-state index in [9.17, 15) is 8.78 Å². The van der Waals surface area contributed by atoms with Crippen LogP contribution in [0.15, 0.2) is 12.3 Å². The number of hydrogen-bond donors (Lipinski definition) is 1. The summed E-state index contributed by atoms with van der Waals surface area (Å²) in [5.41, 5.74) is 4.03. The number of nitrogens with two attached hydrogens (primary N) is 1. The second-order valence-corrected chi connectivity index (χ2v) is 1.41. The van der Waals surface area contributed by atoms with Crippen molar-refractivity contribution >= 4 is 0 Å². The summed E-state index contributed by atoms with van der Waals surface area (Å²) in [7, 11) is 0. The van der Waals surface area contributed by atoms with Crippen LogP contribution in [-0.2, 0) is 0 Å². The average molecular weight is 107 g/mol. The summed E-state index contributed by atoms with van der Waals surface area (Å²) in [5.74, 6) is -2.92. The maximum Gasteiger partial charge on any atom is 0.283 e. The molecule has 0 saturated heterocycles. The van der Waals surface area contributed by atoms with Crippen LogP contribution in [0.5, 0.6) is 0 Å². The SMILES string of the molecule is C=C(N)C(C)(F)F. The van der Waals surface area contributed by atoms with Gasteiger partial charge in [0.15, 0.2) is 0 Å². The zero-order valence-corrected chi connectivity index (χ0v) is 4.04. The molecule has 42 valence electrons. The fourth-order valence-electron chi connectivity index (χ4n) is 0. The summed E-state index contributed by atoms with van der Waals surface area (Å²) >= 11 is 0. The summed E-state index contributed by atoms with van der Waals surface area (Å²) in [4.78, 5) is 0. The Morgan fingerprint density at radius 1 is 1.71 bits per heavy atom. The Morgan fingerprint density at radius 3 is 1.86 bits per heavy atom. The minimum Gasteiger partial charge on any atom is -0.398 e. The maximum atomic E-state index is 11.6. The van der Waals surface area contributed by atoms with Crippen molar-refractivity contribution in [2.45, 2.75) is 12.8 Å². The van der Waals surface area contributed by atoms with Gasteiger partial charge < -0.3 is 5.73 Å². The third-order valence-corrected chi connectivity index (χ3v) is 0.564. The standard InChI is InChI=1S/C4H7F2N/c1-3(7)4(2,5)6/h1,7H2,2H3. The zero-order chi connectivity index (χ0) is 6.08. The van der Waals surface area contributed by atoms with Crippen LogP contribution in [0.25, 0.3) is 0 Å². The molecule has 0 amide bonds. The zero-order valence-electron chi connectivity index (χ0n) is 4.04. The van der Waals surface area contributed by atoms with Crippen molar-refractivity contribution in [2.24, 2.45) is 5.73 Å². The Morgan fingerprint density at radius 2 is 1.86 bits per heavy atom. The molecule has 0 aliphatic heterocycles. The van der Waals surface area contributed by atoms with Crippen molar-refractivity contribution in [3.8, 4) is 0 Å². The highest BCUT2D eigenvalue weighted by Crippen LogP contribution is 2.15. The molecule has 0 aromatic carbocycles. The molecule has 0 unspecified atom stereocenters. The summed E-state index contributed by atoms with van der Waals surface area (Å²) in [6, 6.07) is 0. The van der Waals surface area contributed by atoms with E-state index in [4.69, 9.17) is 0 Å². The Balaban J connectivity index is 3.79. The molecular weight excluding hydrogens is 100 g/mol. The lowest BCUT2D eigenvalue weighted by atomic mass is 10.3. The van der Waals surface area contributed by atoms with Crippen LogP contribution in [0.1, 0.15) is 6.92 Å². The van der Waals surface area contributed by atoms with E-state index < -0.39 is 11.6 Å². The van der Waals surface area contributed by atoms with Crippen LogP contribution in [-0.4, -0.2) is 5.92 Å². The van der Waals surface area contributed by atoms with Crippen LogP contribution in [0.2, 0.25) is 0 Å². The van der Waals surface area contributed by atoms with Gasteiger partial charge in [-0.2, -0.15) is 0 Å². The first-order valence-corrected chi connectivity index (χ1v) is 1.77. The molecule has 0 saturated carbocycles. The normalized spacial score (nSPS) is 11.3. The lowest BCUT2D eigenvalue weighted by Crippen LogP contribution is -2.19. The van der Waals surface area contributed by atoms with Crippen molar-refractivity contribution in [1.82, 2.24) is 0 Å². The first kappa shape index (κ1) is 6.40. The van der Waals surface area contributed by atoms with Gasteiger partial charge in [0.25, 0.3) is 5.92 Å². The quantitative estimate of drug-likeness (QED) is 0.533. The number of alkyl halides is 2. The average Bonchev–Trinajstić information content (AvgIpc) is 1.31. The van der Waals surface area contributed by atoms with Crippen LogP contribution in [0.4, 0.5) is 8.78 Å². The van der Waals surface area contributed by atoms with Crippen molar-refractivity contribution in [1.29, 1.82) is 0 Å². The van der Waals surface area contributed by atoms with Crippen molar-refractivity contribution in [2.75, 3.05) is 0 Å². The molecule has 0 radical (unpaired) electrons. The Bertz CT molecular complexity index is 82.2. The molecule has 0 aromatic rings. The Hall–Kier alpha value is -0.600. The highest BCUT2D eigenvalue weighted by molar-refractivity contribution is 4.98. The highest BCUT2D eigenvalue weighted by atomic mass is 19.3. The van der Waals surface area contributed by atoms with Crippen LogP contribution in [0.3, 0.4) is 0 Å². The molecule has 2 N–H and O–H groups in total. The molecule has 1 nitrogen and oxygen atoms in total. The van der Waals surface area contributed by atoms with Gasteiger partial charge >= 0.3 is 0 Å². The fraction of sp³-hybridized carbons (Fsp3) is 0.500. The van der Waals surface area contributed by atoms with Gasteiger partial charge in [0.05, 0.1) is 5.70 Å². The molecule has 3 heteroatoms. The summed E-state index contributed by atoms with van der Waals surface area (Å²) < 4.78 is 23.2. The van der Waals surface area contributed by atoms with Crippen molar-refractivity contribution < 1.29 is 8.78 Å². The Labute approximate surface area is 40.8 Å². The largest absolute Gasteiger partial charge is 0.398 e. The van der Waals surface area contributed by atoms with Crippen LogP contribution >= 0.6 is 0 Å². The first-order valence-electron chi connectivity index (χ1n) is 1.77. The summed E-state index contributed by atoms with van der Waals surface area (Å²) in [6.07, 6.45) is 0. The van der Waals surface area contributed by atoms with E-state index in [1.54, 1.807) is 0 Å². The number of allylic oxidation sites excluding steroid dienone is 1. The van der Waals surface area contributed by atoms with E-state index in [1.807, 2.05) is 0 Å². The van der Waals surface area contributed by atoms with Gasteiger partial charge in [0, 0.05) is 6.92 Å². The van der Waals surface area contributed by atoms with Crippen LogP contribution < -0.4 is 5.73 Å². The van der Waals surface area contributed by atoms with E-state index >= 15 is 0 Å². The van der Waals surface area contributed by atoms with Gasteiger partial charge in [0.1, 0.15) is 0 Å². The molecule has 7 heavy (non-hydrogen) atoms. The molecule has 0 heterocycles. The lowest BCUT2D eigenvalue weighted by Gasteiger charge is -2.06. The molecule has 0 aliphatic rings. The molecule has 0 aliphatic carbocycles. The van der Waals surface area contributed by atoms with Gasteiger partial charge in [-0.25, -0.2) is 8.78 Å². The van der Waals surface area contributed by atoms with E-state index in [0.29, 0.717) is 6.92 Å². The van der Waals surface area contributed by atoms with Gasteiger partial charge in [-0.1, -0.05) is 6.58 Å². The van der Waals surface area contributed by atoms with Crippen molar-refractivity contribution in [3.63, 3.8) is 0 Å². The lowest BCUT2D eigenvalue weighted by molar-refractivity contribution is 0.0623. The second-order valence-electron chi connectivity index (χ2n) is 1.41. The molecule has 0 fully saturated rings. The van der Waals surface area contributed by atoms with Crippen molar-refractivity contribution in [3.05, 3.63) is 12.3 Å². The van der Waals surface area contributed by atoms with Gasteiger partial charge in [-0.15, -0.1) is 0 Å². The highest BCUT2D eigenvalue weighted by Gasteiger charge is 2.22. The number of hydrogen-bond acceptors (Lipinski definition) is 1. The third kappa shape index (κ3) is 2.14. The molecule has 0 bridgehead atoms. The second kappa shape index (κ2) is 1.48. The fourth-order valence-corrected chi connectivity index (χ4v) is 0. The number of halogens is 2. The monoisotopic (exact) mass is 107 g/mol. The number of rotatable bonds is 1. The van der Waals surface area contributed by atoms with E-state index in [1.165, 1.54) is 0 Å². The van der Waals surface area contributed by atoms with Gasteiger partial charge in [-0.05, 0) is 0 Å².